The number of hydrogen-bond donors (Lipinski definition) is 1. The number of carbonyl (C=O) groups excluding carboxylic acids is 1. The lowest BCUT2D eigenvalue weighted by Gasteiger charge is -2.28. The summed E-state index contributed by atoms with van der Waals surface area (Å²) in [5.41, 5.74) is 2.54. The largest absolute Gasteiger partial charge is 0.268 e. The number of hydrogen-bond acceptors (Lipinski definition) is 4. The summed E-state index contributed by atoms with van der Waals surface area (Å²) in [4.78, 5) is 19.8. The van der Waals surface area contributed by atoms with E-state index in [0.717, 1.165) is 28.5 Å². The minimum atomic E-state index is -0.0325. The molecule has 2 aliphatic heterocycles. The number of rotatable bonds is 3. The van der Waals surface area contributed by atoms with Crippen LogP contribution in [-0.2, 0) is 6.42 Å². The van der Waals surface area contributed by atoms with Gasteiger partial charge in [-0.25, -0.2) is 4.90 Å². The molecule has 0 spiro atoms. The number of para-hydroxylation sites is 1. The van der Waals surface area contributed by atoms with Gasteiger partial charge in [0.25, 0.3) is 11.7 Å². The molecule has 0 radical (unpaired) electrons. The van der Waals surface area contributed by atoms with Gasteiger partial charge < -0.3 is 0 Å². The van der Waals surface area contributed by atoms with Crippen LogP contribution in [0, 0.1) is 5.92 Å². The fraction of sp³-hybridized carbons (Fsp3) is 0.294. The standard InChI is InChI=1S/C17H18N6O/c1-11(2)8-12-9-23(20-19-12)15-16-21(3)17(24)13-6-4-5-7-14(13)22(16)10-18-15/h4-7,9-11H,8H2,1-3H3/p+1. The van der Waals surface area contributed by atoms with Gasteiger partial charge in [0.15, 0.2) is 5.69 Å². The molecule has 24 heavy (non-hydrogen) atoms. The van der Waals surface area contributed by atoms with Gasteiger partial charge in [-0.1, -0.05) is 31.2 Å². The zero-order valence-electron chi connectivity index (χ0n) is 13.9. The first-order chi connectivity index (χ1) is 11.6. The van der Waals surface area contributed by atoms with E-state index in [-0.39, 0.29) is 5.91 Å². The highest BCUT2D eigenvalue weighted by Crippen LogP contribution is 2.25. The molecule has 0 aliphatic carbocycles. The van der Waals surface area contributed by atoms with E-state index in [2.05, 4.69) is 29.2 Å². The van der Waals surface area contributed by atoms with Crippen molar-refractivity contribution in [1.29, 1.82) is 0 Å². The van der Waals surface area contributed by atoms with Crippen LogP contribution in [0.3, 0.4) is 0 Å². The first-order valence-corrected chi connectivity index (χ1v) is 8.01. The number of benzene rings is 1. The predicted octanol–water partition coefficient (Wildman–Crippen LogP) is 0.904. The van der Waals surface area contributed by atoms with Gasteiger partial charge in [-0.15, -0.1) is 5.10 Å². The zero-order valence-corrected chi connectivity index (χ0v) is 13.9. The van der Waals surface area contributed by atoms with Crippen LogP contribution < -0.4 is 4.90 Å². The molecule has 0 bridgehead atoms. The number of aromatic nitrogens is 3. The maximum Gasteiger partial charge on any atom is 0.268 e. The van der Waals surface area contributed by atoms with Gasteiger partial charge in [0.1, 0.15) is 5.56 Å². The average molecular weight is 323 g/mol. The van der Waals surface area contributed by atoms with Crippen LogP contribution in [0.25, 0.3) is 5.82 Å². The topological polar surface area (TPSA) is 67.8 Å². The average Bonchev–Trinajstić information content (AvgIpc) is 3.18. The molecular weight excluding hydrogens is 304 g/mol. The molecule has 1 aromatic carbocycles. The molecule has 2 aliphatic rings. The van der Waals surface area contributed by atoms with E-state index in [4.69, 9.17) is 0 Å². The van der Waals surface area contributed by atoms with Gasteiger partial charge in [-0.2, -0.15) is 9.67 Å². The second-order valence-electron chi connectivity index (χ2n) is 6.51. The first kappa shape index (κ1) is 14.8. The van der Waals surface area contributed by atoms with Crippen LogP contribution in [0.15, 0.2) is 41.3 Å². The summed E-state index contributed by atoms with van der Waals surface area (Å²) in [7, 11) is 1.77. The van der Waals surface area contributed by atoms with Crippen molar-refractivity contribution in [2.75, 3.05) is 7.05 Å². The van der Waals surface area contributed by atoms with E-state index in [0.29, 0.717) is 17.3 Å². The molecule has 7 nitrogen and oxygen atoms in total. The van der Waals surface area contributed by atoms with E-state index in [9.17, 15) is 4.79 Å². The van der Waals surface area contributed by atoms with Crippen molar-refractivity contribution in [3.8, 4) is 0 Å². The molecule has 3 heterocycles. The minimum absolute atomic E-state index is 0.0325. The van der Waals surface area contributed by atoms with Crippen molar-refractivity contribution >= 4 is 23.8 Å². The van der Waals surface area contributed by atoms with Crippen LogP contribution in [0.4, 0.5) is 5.69 Å². The van der Waals surface area contributed by atoms with Crippen LogP contribution in [0.2, 0.25) is 0 Å². The molecule has 1 N–H and O–H groups in total. The molecule has 1 atom stereocenters. The Morgan fingerprint density at radius 2 is 2.04 bits per heavy atom. The predicted molar refractivity (Wildman–Crippen MR) is 89.4 cm³/mol. The molecule has 7 heteroatoms. The zero-order chi connectivity index (χ0) is 16.8. The second kappa shape index (κ2) is 5.38. The highest BCUT2D eigenvalue weighted by Gasteiger charge is 2.42. The lowest BCUT2D eigenvalue weighted by atomic mass is 10.1. The highest BCUT2D eigenvalue weighted by atomic mass is 16.2. The number of amides is 1. The molecule has 122 valence electrons. The summed E-state index contributed by atoms with van der Waals surface area (Å²) in [6, 6.07) is 7.61. The van der Waals surface area contributed by atoms with Crippen molar-refractivity contribution < 1.29 is 9.69 Å². The van der Waals surface area contributed by atoms with Gasteiger partial charge in [0, 0.05) is 13.1 Å². The molecule has 2 aromatic rings. The Kier molecular flexibility index (Phi) is 3.31. The molecule has 1 aromatic heterocycles. The van der Waals surface area contributed by atoms with E-state index < -0.39 is 0 Å². The van der Waals surface area contributed by atoms with Crippen LogP contribution in [-0.4, -0.2) is 39.2 Å². The Bertz CT molecular complexity index is 879. The molecule has 4 rings (SSSR count). The second-order valence-corrected chi connectivity index (χ2v) is 6.51. The lowest BCUT2D eigenvalue weighted by Crippen LogP contribution is -3.06. The quantitative estimate of drug-likeness (QED) is 0.913. The Hall–Kier alpha value is -2.80. The van der Waals surface area contributed by atoms with Gasteiger partial charge >= 0.3 is 0 Å². The number of nitrogens with zero attached hydrogens (tertiary/aromatic N) is 5. The van der Waals surface area contributed by atoms with Gasteiger partial charge in [0.2, 0.25) is 12.2 Å². The third-order valence-corrected chi connectivity index (χ3v) is 4.25. The molecule has 1 amide bonds. The Morgan fingerprint density at radius 3 is 2.83 bits per heavy atom. The van der Waals surface area contributed by atoms with E-state index in [1.165, 1.54) is 0 Å². The van der Waals surface area contributed by atoms with Crippen molar-refractivity contribution in [3.63, 3.8) is 0 Å². The molecule has 0 saturated carbocycles. The van der Waals surface area contributed by atoms with E-state index in [1.54, 1.807) is 23.0 Å². The van der Waals surface area contributed by atoms with E-state index in [1.807, 2.05) is 30.5 Å². The fourth-order valence-electron chi connectivity index (χ4n) is 3.16. The normalized spacial score (nSPS) is 19.2. The van der Waals surface area contributed by atoms with Crippen LogP contribution >= 0.6 is 0 Å². The Morgan fingerprint density at radius 1 is 1.25 bits per heavy atom. The monoisotopic (exact) mass is 323 g/mol. The fourth-order valence-corrected chi connectivity index (χ4v) is 3.16. The number of nitrogens with one attached hydrogen (secondary N) is 1. The van der Waals surface area contributed by atoms with Gasteiger partial charge in [0.05, 0.1) is 11.9 Å². The summed E-state index contributed by atoms with van der Waals surface area (Å²) >= 11 is 0. The summed E-state index contributed by atoms with van der Waals surface area (Å²) in [6.45, 7) is 4.29. The maximum atomic E-state index is 12.7. The van der Waals surface area contributed by atoms with Crippen LogP contribution in [0.1, 0.15) is 29.9 Å². The lowest BCUT2D eigenvalue weighted by molar-refractivity contribution is -0.685. The SMILES string of the molecule is CC(C)Cc1cn(C2=C3N(C)C(=O)c4ccccc4[NH+]3C=N2)nn1. The van der Waals surface area contributed by atoms with Crippen molar-refractivity contribution in [2.45, 2.75) is 20.3 Å². The van der Waals surface area contributed by atoms with Gasteiger partial charge in [-0.05, 0) is 18.4 Å². The van der Waals surface area contributed by atoms with E-state index >= 15 is 0 Å². The van der Waals surface area contributed by atoms with Crippen LogP contribution in [0.5, 0.6) is 0 Å². The van der Waals surface area contributed by atoms with Crippen molar-refractivity contribution in [1.82, 2.24) is 19.9 Å². The summed E-state index contributed by atoms with van der Waals surface area (Å²) in [5, 5.41) is 8.42. The molecule has 0 fully saturated rings. The molecule has 0 saturated heterocycles. The number of carbonyl (C=O) groups is 1. The number of fused-ring (bicyclic) bond motifs is 3. The summed E-state index contributed by atoms with van der Waals surface area (Å²) in [6.07, 6.45) is 4.55. The first-order valence-electron chi connectivity index (χ1n) is 8.01. The smallest absolute Gasteiger partial charge is 0.268 e. The van der Waals surface area contributed by atoms with Gasteiger partial charge in [-0.3, -0.25) is 9.69 Å². The Labute approximate surface area is 139 Å². The minimum Gasteiger partial charge on any atom is -0.268 e. The number of aliphatic imine (C=N–C) groups is 1. The third-order valence-electron chi connectivity index (χ3n) is 4.25. The summed E-state index contributed by atoms with van der Waals surface area (Å²) < 4.78 is 1.66. The highest BCUT2D eigenvalue weighted by molar-refractivity contribution is 6.01. The van der Waals surface area contributed by atoms with Crippen molar-refractivity contribution in [3.05, 3.63) is 47.5 Å². The maximum absolute atomic E-state index is 12.7. The Balaban J connectivity index is 1.80. The number of quaternary nitrogens is 1. The summed E-state index contributed by atoms with van der Waals surface area (Å²) in [5.74, 6) is 1.89. The molecular formula is C17H19N6O+. The van der Waals surface area contributed by atoms with Crippen molar-refractivity contribution in [2.24, 2.45) is 10.9 Å². The third kappa shape index (κ3) is 2.16. The molecule has 1 unspecified atom stereocenters.